The Morgan fingerprint density at radius 2 is 2.38 bits per heavy atom. The molecule has 1 aliphatic heterocycles. The molecule has 1 spiro atoms. The summed E-state index contributed by atoms with van der Waals surface area (Å²) in [4.78, 5) is 22.0. The first-order valence-electron chi connectivity index (χ1n) is 4.54. The molecule has 1 N–H and O–H groups in total. The predicted molar refractivity (Wildman–Crippen MR) is 44.8 cm³/mol. The highest BCUT2D eigenvalue weighted by molar-refractivity contribution is 5.85. The number of carbonyl (C=O) groups excluding carboxylic acids is 2. The lowest BCUT2D eigenvalue weighted by Crippen LogP contribution is -2.59. The highest BCUT2D eigenvalue weighted by atomic mass is 16.5. The van der Waals surface area contributed by atoms with Gasteiger partial charge in [0, 0.05) is 12.0 Å². The molecule has 2 unspecified atom stereocenters. The largest absolute Gasteiger partial charge is 0.469 e. The third-order valence-corrected chi connectivity index (χ3v) is 3.05. The smallest absolute Gasteiger partial charge is 0.308 e. The number of β-lactam (4-membered cyclic amide) rings is 1. The van der Waals surface area contributed by atoms with Gasteiger partial charge in [0.1, 0.15) is 0 Å². The van der Waals surface area contributed by atoms with E-state index in [-0.39, 0.29) is 23.3 Å². The molecule has 1 saturated carbocycles. The second-order valence-electron chi connectivity index (χ2n) is 3.97. The molecule has 4 heteroatoms. The molecule has 72 valence electrons. The molecule has 1 amide bonds. The van der Waals surface area contributed by atoms with Crippen LogP contribution >= 0.6 is 0 Å². The molecule has 0 aromatic heterocycles. The Kier molecular flexibility index (Phi) is 1.78. The Hall–Kier alpha value is -1.06. The summed E-state index contributed by atoms with van der Waals surface area (Å²) in [5, 5.41) is 2.88. The number of rotatable bonds is 1. The molecule has 0 bridgehead atoms. The minimum Gasteiger partial charge on any atom is -0.469 e. The summed E-state index contributed by atoms with van der Waals surface area (Å²) >= 11 is 0. The number of esters is 1. The maximum Gasteiger partial charge on any atom is 0.308 e. The lowest BCUT2D eigenvalue weighted by molar-refractivity contribution is -0.146. The second-order valence-corrected chi connectivity index (χ2v) is 3.97. The minimum atomic E-state index is -0.141. The van der Waals surface area contributed by atoms with E-state index in [4.69, 9.17) is 0 Å². The highest BCUT2D eigenvalue weighted by Gasteiger charge is 2.49. The fourth-order valence-corrected chi connectivity index (χ4v) is 2.35. The highest BCUT2D eigenvalue weighted by Crippen LogP contribution is 2.41. The van der Waals surface area contributed by atoms with Gasteiger partial charge in [-0.25, -0.2) is 0 Å². The molecule has 2 fully saturated rings. The summed E-state index contributed by atoms with van der Waals surface area (Å²) in [5.74, 6) is -0.0471. The van der Waals surface area contributed by atoms with Crippen LogP contribution in [0.5, 0.6) is 0 Å². The molecule has 2 rings (SSSR count). The summed E-state index contributed by atoms with van der Waals surface area (Å²) in [6.45, 7) is 0. The quantitative estimate of drug-likeness (QED) is 0.467. The van der Waals surface area contributed by atoms with E-state index in [1.165, 1.54) is 7.11 Å². The Morgan fingerprint density at radius 1 is 1.69 bits per heavy atom. The zero-order chi connectivity index (χ0) is 9.47. The zero-order valence-electron chi connectivity index (χ0n) is 7.63. The number of nitrogens with one attached hydrogen (secondary N) is 1. The summed E-state index contributed by atoms with van der Waals surface area (Å²) in [7, 11) is 1.41. The van der Waals surface area contributed by atoms with Gasteiger partial charge in [0.05, 0.1) is 13.0 Å². The van der Waals surface area contributed by atoms with Crippen molar-refractivity contribution in [2.75, 3.05) is 7.11 Å². The van der Waals surface area contributed by atoms with Crippen LogP contribution in [0.4, 0.5) is 0 Å². The molecule has 0 aromatic carbocycles. The lowest BCUT2D eigenvalue weighted by Gasteiger charge is -2.39. The Balaban J connectivity index is 1.95. The van der Waals surface area contributed by atoms with Crippen molar-refractivity contribution in [1.82, 2.24) is 5.32 Å². The first-order chi connectivity index (χ1) is 6.15. The minimum absolute atomic E-state index is 0.00870. The molecule has 13 heavy (non-hydrogen) atoms. The van der Waals surface area contributed by atoms with E-state index in [0.29, 0.717) is 6.42 Å². The van der Waals surface area contributed by atoms with Crippen molar-refractivity contribution in [3.8, 4) is 0 Å². The molecule has 1 saturated heterocycles. The Morgan fingerprint density at radius 3 is 2.92 bits per heavy atom. The molecule has 4 nitrogen and oxygen atoms in total. The van der Waals surface area contributed by atoms with E-state index in [0.717, 1.165) is 19.3 Å². The van der Waals surface area contributed by atoms with Crippen molar-refractivity contribution in [3.63, 3.8) is 0 Å². The number of hydrogen-bond acceptors (Lipinski definition) is 3. The van der Waals surface area contributed by atoms with E-state index < -0.39 is 0 Å². The van der Waals surface area contributed by atoms with Crippen LogP contribution in [0.1, 0.15) is 25.7 Å². The summed E-state index contributed by atoms with van der Waals surface area (Å²) < 4.78 is 4.67. The third kappa shape index (κ3) is 1.30. The third-order valence-electron chi connectivity index (χ3n) is 3.05. The zero-order valence-corrected chi connectivity index (χ0v) is 7.63. The fourth-order valence-electron chi connectivity index (χ4n) is 2.35. The SMILES string of the molecule is COC(=O)C1CCC2(CC(=O)N2)C1. The van der Waals surface area contributed by atoms with Gasteiger partial charge in [-0.2, -0.15) is 0 Å². The molecule has 0 aromatic rings. The lowest BCUT2D eigenvalue weighted by atomic mass is 9.85. The van der Waals surface area contributed by atoms with Crippen molar-refractivity contribution in [3.05, 3.63) is 0 Å². The summed E-state index contributed by atoms with van der Waals surface area (Å²) in [6, 6.07) is 0. The van der Waals surface area contributed by atoms with Gasteiger partial charge in [-0.1, -0.05) is 0 Å². The van der Waals surface area contributed by atoms with Gasteiger partial charge in [-0.15, -0.1) is 0 Å². The average Bonchev–Trinajstić information content (AvgIpc) is 2.47. The van der Waals surface area contributed by atoms with Gasteiger partial charge in [0.25, 0.3) is 0 Å². The number of carbonyl (C=O) groups is 2. The van der Waals surface area contributed by atoms with Gasteiger partial charge in [-0.3, -0.25) is 9.59 Å². The van der Waals surface area contributed by atoms with Crippen LogP contribution < -0.4 is 5.32 Å². The number of hydrogen-bond donors (Lipinski definition) is 1. The van der Waals surface area contributed by atoms with Crippen LogP contribution in [0.2, 0.25) is 0 Å². The molecule has 1 heterocycles. The van der Waals surface area contributed by atoms with Crippen molar-refractivity contribution < 1.29 is 14.3 Å². The van der Waals surface area contributed by atoms with Crippen LogP contribution in [-0.2, 0) is 14.3 Å². The number of methoxy groups -OCH3 is 1. The van der Waals surface area contributed by atoms with Crippen LogP contribution in [0.3, 0.4) is 0 Å². The van der Waals surface area contributed by atoms with Crippen LogP contribution in [0.15, 0.2) is 0 Å². The van der Waals surface area contributed by atoms with Crippen molar-refractivity contribution in [2.45, 2.75) is 31.2 Å². The average molecular weight is 183 g/mol. The molecular formula is C9H13NO3. The first kappa shape index (κ1) is 8.53. The van der Waals surface area contributed by atoms with Gasteiger partial charge in [0.2, 0.25) is 5.91 Å². The van der Waals surface area contributed by atoms with Gasteiger partial charge >= 0.3 is 5.97 Å². The predicted octanol–water partition coefficient (Wildman–Crippen LogP) is 0.218. The second kappa shape index (κ2) is 2.72. The van der Waals surface area contributed by atoms with Crippen molar-refractivity contribution in [2.24, 2.45) is 5.92 Å². The maximum atomic E-state index is 11.2. The van der Waals surface area contributed by atoms with Crippen molar-refractivity contribution >= 4 is 11.9 Å². The molecule has 2 aliphatic rings. The summed E-state index contributed by atoms with van der Waals surface area (Å²) in [6.07, 6.45) is 3.09. The molecule has 1 aliphatic carbocycles. The van der Waals surface area contributed by atoms with Gasteiger partial charge in [0.15, 0.2) is 0 Å². The molecular weight excluding hydrogens is 170 g/mol. The van der Waals surface area contributed by atoms with E-state index in [9.17, 15) is 9.59 Å². The van der Waals surface area contributed by atoms with Gasteiger partial charge < -0.3 is 10.1 Å². The fraction of sp³-hybridized carbons (Fsp3) is 0.778. The van der Waals surface area contributed by atoms with E-state index in [2.05, 4.69) is 10.1 Å². The van der Waals surface area contributed by atoms with Crippen molar-refractivity contribution in [1.29, 1.82) is 0 Å². The standard InChI is InChI=1S/C9H13NO3/c1-13-8(12)6-2-3-9(4-6)5-7(11)10-9/h6H,2-5H2,1H3,(H,10,11). The topological polar surface area (TPSA) is 55.4 Å². The van der Waals surface area contributed by atoms with Gasteiger partial charge in [-0.05, 0) is 19.3 Å². The molecule has 0 radical (unpaired) electrons. The van der Waals surface area contributed by atoms with Crippen LogP contribution in [0, 0.1) is 5.92 Å². The maximum absolute atomic E-state index is 11.2. The first-order valence-corrected chi connectivity index (χ1v) is 4.54. The van der Waals surface area contributed by atoms with E-state index >= 15 is 0 Å². The number of amides is 1. The van der Waals surface area contributed by atoms with E-state index in [1.807, 2.05) is 0 Å². The Labute approximate surface area is 76.6 Å². The summed E-state index contributed by atoms with van der Waals surface area (Å²) in [5.41, 5.74) is -0.0596. The van der Waals surface area contributed by atoms with Crippen LogP contribution in [0.25, 0.3) is 0 Å². The van der Waals surface area contributed by atoms with Crippen LogP contribution in [-0.4, -0.2) is 24.5 Å². The Bertz CT molecular complexity index is 254. The normalized spacial score (nSPS) is 37.0. The molecule has 2 atom stereocenters. The van der Waals surface area contributed by atoms with E-state index in [1.54, 1.807) is 0 Å². The monoisotopic (exact) mass is 183 g/mol. The number of ether oxygens (including phenoxy) is 1.